The van der Waals surface area contributed by atoms with E-state index in [4.69, 9.17) is 11.5 Å². The molecule has 3 rings (SSSR count). The van der Waals surface area contributed by atoms with Crippen molar-refractivity contribution >= 4 is 23.4 Å². The first kappa shape index (κ1) is 18.5. The summed E-state index contributed by atoms with van der Waals surface area (Å²) in [6, 6.07) is 7.00. The lowest BCUT2D eigenvalue weighted by Crippen LogP contribution is -2.35. The standard InChI is InChI=1S/C19H23N7O/c20-17-16(18(21)24-13-23-17)7-6-14-4-3-5-15(12-14)25-19(27)22-8-11-26-9-1-2-10-26/h3-5,12-13H,1-2,8-11H2,(H2,22,25,27)(H4,20,21,23,24). The SMILES string of the molecule is Nc1ncnc(N)c1C#Cc1cccc(NC(=O)NCCN2CCCC2)c1. The zero-order valence-corrected chi connectivity index (χ0v) is 15.0. The quantitative estimate of drug-likeness (QED) is 0.605. The Morgan fingerprint density at radius 3 is 2.63 bits per heavy atom. The number of hydrogen-bond acceptors (Lipinski definition) is 6. The summed E-state index contributed by atoms with van der Waals surface area (Å²) in [5.74, 6) is 6.33. The molecule has 1 aromatic carbocycles. The number of likely N-dealkylation sites (tertiary alicyclic amines) is 1. The molecule has 2 aromatic rings. The number of amides is 2. The van der Waals surface area contributed by atoms with E-state index in [1.807, 2.05) is 12.1 Å². The van der Waals surface area contributed by atoms with Crippen molar-refractivity contribution in [2.24, 2.45) is 0 Å². The molecule has 1 fully saturated rings. The monoisotopic (exact) mass is 365 g/mol. The van der Waals surface area contributed by atoms with E-state index in [1.54, 1.807) is 12.1 Å². The first-order chi connectivity index (χ1) is 13.1. The highest BCUT2D eigenvalue weighted by Gasteiger charge is 2.11. The predicted molar refractivity (Wildman–Crippen MR) is 106 cm³/mol. The van der Waals surface area contributed by atoms with Crippen LogP contribution in [0.1, 0.15) is 24.0 Å². The summed E-state index contributed by atoms with van der Waals surface area (Å²) in [6.07, 6.45) is 3.78. The molecule has 8 heteroatoms. The Balaban J connectivity index is 1.57. The third-order valence-corrected chi connectivity index (χ3v) is 4.27. The Morgan fingerprint density at radius 1 is 1.15 bits per heavy atom. The van der Waals surface area contributed by atoms with Gasteiger partial charge in [-0.1, -0.05) is 17.9 Å². The summed E-state index contributed by atoms with van der Waals surface area (Å²) in [7, 11) is 0. The van der Waals surface area contributed by atoms with Crippen LogP contribution in [-0.4, -0.2) is 47.1 Å². The van der Waals surface area contributed by atoms with Gasteiger partial charge in [0.05, 0.1) is 0 Å². The average molecular weight is 365 g/mol. The van der Waals surface area contributed by atoms with Crippen LogP contribution in [0.3, 0.4) is 0 Å². The largest absolute Gasteiger partial charge is 0.382 e. The Bertz CT molecular complexity index is 846. The lowest BCUT2D eigenvalue weighted by Gasteiger charge is -2.15. The van der Waals surface area contributed by atoms with Gasteiger partial charge in [0.25, 0.3) is 0 Å². The second-order valence-electron chi connectivity index (χ2n) is 6.28. The maximum atomic E-state index is 12.0. The van der Waals surface area contributed by atoms with Crippen molar-refractivity contribution in [3.05, 3.63) is 41.7 Å². The van der Waals surface area contributed by atoms with E-state index in [0.29, 0.717) is 23.4 Å². The van der Waals surface area contributed by atoms with E-state index >= 15 is 0 Å². The molecule has 0 unspecified atom stereocenters. The summed E-state index contributed by atoms with van der Waals surface area (Å²) in [5.41, 5.74) is 13.3. The molecule has 1 aliphatic rings. The summed E-state index contributed by atoms with van der Waals surface area (Å²) in [4.78, 5) is 22.2. The van der Waals surface area contributed by atoms with E-state index in [2.05, 4.69) is 37.3 Å². The van der Waals surface area contributed by atoms with Gasteiger partial charge in [0.1, 0.15) is 23.5 Å². The minimum atomic E-state index is -0.232. The fraction of sp³-hybridized carbons (Fsp3) is 0.316. The van der Waals surface area contributed by atoms with E-state index in [1.165, 1.54) is 19.2 Å². The molecular formula is C19H23N7O. The molecule has 0 bridgehead atoms. The number of carbonyl (C=O) groups is 1. The van der Waals surface area contributed by atoms with Crippen LogP contribution in [0.5, 0.6) is 0 Å². The van der Waals surface area contributed by atoms with Gasteiger partial charge in [-0.25, -0.2) is 14.8 Å². The number of urea groups is 1. The molecule has 0 radical (unpaired) electrons. The van der Waals surface area contributed by atoms with Crippen molar-refractivity contribution in [1.82, 2.24) is 20.2 Å². The van der Waals surface area contributed by atoms with Crippen LogP contribution in [0, 0.1) is 11.8 Å². The molecule has 1 saturated heterocycles. The van der Waals surface area contributed by atoms with E-state index < -0.39 is 0 Å². The Labute approximate surface area is 158 Å². The number of carbonyl (C=O) groups excluding carboxylic acids is 1. The third kappa shape index (κ3) is 5.33. The first-order valence-corrected chi connectivity index (χ1v) is 8.87. The van der Waals surface area contributed by atoms with E-state index in [9.17, 15) is 4.79 Å². The van der Waals surface area contributed by atoms with Gasteiger partial charge in [0, 0.05) is 24.3 Å². The molecule has 0 saturated carbocycles. The molecule has 2 heterocycles. The Kier molecular flexibility index (Phi) is 6.07. The second-order valence-corrected chi connectivity index (χ2v) is 6.28. The number of hydrogen-bond donors (Lipinski definition) is 4. The number of rotatable bonds is 4. The molecule has 2 amide bonds. The average Bonchev–Trinajstić information content (AvgIpc) is 3.15. The van der Waals surface area contributed by atoms with Crippen LogP contribution in [0.2, 0.25) is 0 Å². The lowest BCUT2D eigenvalue weighted by molar-refractivity contribution is 0.249. The van der Waals surface area contributed by atoms with Crippen molar-refractivity contribution in [2.45, 2.75) is 12.8 Å². The third-order valence-electron chi connectivity index (χ3n) is 4.27. The molecule has 1 aliphatic heterocycles. The number of nitrogen functional groups attached to an aromatic ring is 2. The molecule has 1 aromatic heterocycles. The number of anilines is 3. The Hall–Kier alpha value is -3.31. The fourth-order valence-electron chi connectivity index (χ4n) is 2.86. The smallest absolute Gasteiger partial charge is 0.319 e. The molecule has 0 spiro atoms. The molecule has 8 nitrogen and oxygen atoms in total. The highest BCUT2D eigenvalue weighted by Crippen LogP contribution is 2.13. The topological polar surface area (TPSA) is 122 Å². The van der Waals surface area contributed by atoms with Crippen LogP contribution < -0.4 is 22.1 Å². The first-order valence-electron chi connectivity index (χ1n) is 8.87. The molecule has 0 atom stereocenters. The van der Waals surface area contributed by atoms with Gasteiger partial charge < -0.3 is 27.0 Å². The highest BCUT2D eigenvalue weighted by molar-refractivity contribution is 5.89. The van der Waals surface area contributed by atoms with Crippen molar-refractivity contribution in [1.29, 1.82) is 0 Å². The number of nitrogens with zero attached hydrogens (tertiary/aromatic N) is 3. The fourth-order valence-corrected chi connectivity index (χ4v) is 2.86. The second kappa shape index (κ2) is 8.87. The highest BCUT2D eigenvalue weighted by atomic mass is 16.2. The van der Waals surface area contributed by atoms with E-state index in [0.717, 1.165) is 19.6 Å². The van der Waals surface area contributed by atoms with Crippen molar-refractivity contribution in [3.63, 3.8) is 0 Å². The summed E-state index contributed by atoms with van der Waals surface area (Å²) in [5, 5.41) is 5.69. The minimum absolute atomic E-state index is 0.232. The zero-order chi connectivity index (χ0) is 19.1. The summed E-state index contributed by atoms with van der Waals surface area (Å²) in [6.45, 7) is 3.73. The van der Waals surface area contributed by atoms with Gasteiger partial charge >= 0.3 is 6.03 Å². The van der Waals surface area contributed by atoms with Crippen LogP contribution in [-0.2, 0) is 0 Å². The lowest BCUT2D eigenvalue weighted by atomic mass is 10.2. The van der Waals surface area contributed by atoms with Crippen molar-refractivity contribution in [2.75, 3.05) is 43.0 Å². The van der Waals surface area contributed by atoms with Gasteiger partial charge in [-0.05, 0) is 44.1 Å². The van der Waals surface area contributed by atoms with Crippen molar-refractivity contribution in [3.8, 4) is 11.8 Å². The normalized spacial score (nSPS) is 13.6. The number of aromatic nitrogens is 2. The predicted octanol–water partition coefficient (Wildman–Crippen LogP) is 1.26. The number of nitrogens with two attached hydrogens (primary N) is 2. The van der Waals surface area contributed by atoms with Gasteiger partial charge in [0.15, 0.2) is 0 Å². The molecule has 140 valence electrons. The number of nitrogens with one attached hydrogen (secondary N) is 2. The van der Waals surface area contributed by atoms with Crippen LogP contribution in [0.4, 0.5) is 22.1 Å². The van der Waals surface area contributed by atoms with Gasteiger partial charge in [-0.15, -0.1) is 0 Å². The molecule has 27 heavy (non-hydrogen) atoms. The van der Waals surface area contributed by atoms with Gasteiger partial charge in [-0.3, -0.25) is 0 Å². The van der Waals surface area contributed by atoms with E-state index in [-0.39, 0.29) is 17.7 Å². The van der Waals surface area contributed by atoms with Crippen LogP contribution >= 0.6 is 0 Å². The number of benzene rings is 1. The van der Waals surface area contributed by atoms with Gasteiger partial charge in [-0.2, -0.15) is 0 Å². The van der Waals surface area contributed by atoms with Crippen LogP contribution in [0.25, 0.3) is 0 Å². The maximum Gasteiger partial charge on any atom is 0.319 e. The van der Waals surface area contributed by atoms with Crippen molar-refractivity contribution < 1.29 is 4.79 Å². The Morgan fingerprint density at radius 2 is 1.89 bits per heavy atom. The molecular weight excluding hydrogens is 342 g/mol. The van der Waals surface area contributed by atoms with Gasteiger partial charge in [0.2, 0.25) is 0 Å². The molecule has 6 N–H and O–H groups in total. The maximum absolute atomic E-state index is 12.0. The summed E-state index contributed by atoms with van der Waals surface area (Å²) < 4.78 is 0. The minimum Gasteiger partial charge on any atom is -0.382 e. The zero-order valence-electron chi connectivity index (χ0n) is 15.0. The van der Waals surface area contributed by atoms with Crippen LogP contribution in [0.15, 0.2) is 30.6 Å². The summed E-state index contributed by atoms with van der Waals surface area (Å²) >= 11 is 0. The molecule has 0 aliphatic carbocycles.